The SMILES string of the molecule is CC(CCC1CCCO1)NC(=O)CCC(=O)N1CCC(c2ccccc2)=N1. The Balaban J connectivity index is 1.37. The van der Waals surface area contributed by atoms with Crippen LogP contribution in [-0.4, -0.2) is 47.8 Å². The summed E-state index contributed by atoms with van der Waals surface area (Å²) in [7, 11) is 0. The average molecular weight is 371 g/mol. The second-order valence-corrected chi connectivity index (χ2v) is 7.36. The Bertz CT molecular complexity index is 669. The predicted octanol–water partition coefficient (Wildman–Crippen LogP) is 2.87. The molecule has 2 heterocycles. The van der Waals surface area contributed by atoms with Crippen LogP contribution < -0.4 is 5.32 Å². The number of benzene rings is 1. The molecular weight excluding hydrogens is 342 g/mol. The van der Waals surface area contributed by atoms with Gasteiger partial charge < -0.3 is 10.1 Å². The minimum Gasteiger partial charge on any atom is -0.378 e. The van der Waals surface area contributed by atoms with E-state index in [9.17, 15) is 9.59 Å². The van der Waals surface area contributed by atoms with Gasteiger partial charge >= 0.3 is 0 Å². The van der Waals surface area contributed by atoms with Gasteiger partial charge in [-0.25, -0.2) is 5.01 Å². The van der Waals surface area contributed by atoms with E-state index >= 15 is 0 Å². The zero-order valence-corrected chi connectivity index (χ0v) is 16.0. The fourth-order valence-electron chi connectivity index (χ4n) is 3.55. The third-order valence-corrected chi connectivity index (χ3v) is 5.12. The number of nitrogens with one attached hydrogen (secondary N) is 1. The molecule has 0 aromatic heterocycles. The molecule has 6 heteroatoms. The number of hydrazone groups is 1. The van der Waals surface area contributed by atoms with Gasteiger partial charge in [-0.3, -0.25) is 9.59 Å². The van der Waals surface area contributed by atoms with Gasteiger partial charge in [-0.1, -0.05) is 30.3 Å². The van der Waals surface area contributed by atoms with Crippen LogP contribution >= 0.6 is 0 Å². The standard InChI is InChI=1S/C21H29N3O3/c1-16(9-10-18-8-5-15-27-18)22-20(25)11-12-21(26)24-14-13-19(23-24)17-6-3-2-4-7-17/h2-4,6-7,16,18H,5,8-15H2,1H3,(H,22,25). The van der Waals surface area contributed by atoms with E-state index < -0.39 is 0 Å². The number of rotatable bonds is 8. The molecule has 1 aromatic carbocycles. The zero-order valence-electron chi connectivity index (χ0n) is 16.0. The summed E-state index contributed by atoms with van der Waals surface area (Å²) in [6.07, 6.45) is 5.63. The molecule has 1 aromatic rings. The van der Waals surface area contributed by atoms with Crippen molar-refractivity contribution in [1.29, 1.82) is 0 Å². The van der Waals surface area contributed by atoms with Crippen molar-refractivity contribution in [2.45, 2.75) is 64.0 Å². The van der Waals surface area contributed by atoms with E-state index in [0.717, 1.165) is 50.0 Å². The van der Waals surface area contributed by atoms with Gasteiger partial charge in [0.2, 0.25) is 11.8 Å². The smallest absolute Gasteiger partial charge is 0.243 e. The first-order chi connectivity index (χ1) is 13.1. The Kier molecular flexibility index (Phi) is 6.98. The number of hydrogen-bond donors (Lipinski definition) is 1. The summed E-state index contributed by atoms with van der Waals surface area (Å²) in [5.74, 6) is -0.169. The van der Waals surface area contributed by atoms with Gasteiger partial charge in [-0.15, -0.1) is 0 Å². The average Bonchev–Trinajstić information content (AvgIpc) is 3.37. The summed E-state index contributed by atoms with van der Waals surface area (Å²) < 4.78 is 5.61. The number of carbonyl (C=O) groups is 2. The quantitative estimate of drug-likeness (QED) is 0.764. The molecule has 3 rings (SSSR count). The molecule has 1 fully saturated rings. The van der Waals surface area contributed by atoms with Crippen molar-refractivity contribution < 1.29 is 14.3 Å². The van der Waals surface area contributed by atoms with Crippen LogP contribution in [-0.2, 0) is 14.3 Å². The first-order valence-corrected chi connectivity index (χ1v) is 9.96. The molecular formula is C21H29N3O3. The second kappa shape index (κ2) is 9.65. The largest absolute Gasteiger partial charge is 0.378 e. The second-order valence-electron chi connectivity index (χ2n) is 7.36. The van der Waals surface area contributed by atoms with Crippen LogP contribution in [0.1, 0.15) is 57.4 Å². The zero-order chi connectivity index (χ0) is 19.1. The van der Waals surface area contributed by atoms with Crippen LogP contribution in [0.3, 0.4) is 0 Å². The minimum atomic E-state index is -0.0944. The molecule has 2 unspecified atom stereocenters. The molecule has 1 N–H and O–H groups in total. The van der Waals surface area contributed by atoms with Gasteiger partial charge in [0.25, 0.3) is 0 Å². The summed E-state index contributed by atoms with van der Waals surface area (Å²) in [5.41, 5.74) is 1.97. The summed E-state index contributed by atoms with van der Waals surface area (Å²) in [5, 5.41) is 8.91. The molecule has 2 atom stereocenters. The van der Waals surface area contributed by atoms with E-state index in [0.29, 0.717) is 12.6 Å². The lowest BCUT2D eigenvalue weighted by Gasteiger charge is -2.16. The predicted molar refractivity (Wildman–Crippen MR) is 104 cm³/mol. The van der Waals surface area contributed by atoms with Crippen LogP contribution in [0.4, 0.5) is 0 Å². The van der Waals surface area contributed by atoms with Crippen LogP contribution in [0.2, 0.25) is 0 Å². The number of carbonyl (C=O) groups excluding carboxylic acids is 2. The molecule has 0 spiro atoms. The van der Waals surface area contributed by atoms with E-state index in [2.05, 4.69) is 10.4 Å². The van der Waals surface area contributed by atoms with Crippen molar-refractivity contribution in [2.75, 3.05) is 13.2 Å². The van der Waals surface area contributed by atoms with Gasteiger partial charge in [0.05, 0.1) is 18.4 Å². The number of ether oxygens (including phenoxy) is 1. The maximum Gasteiger partial charge on any atom is 0.243 e. The highest BCUT2D eigenvalue weighted by Gasteiger charge is 2.22. The van der Waals surface area contributed by atoms with Crippen molar-refractivity contribution in [3.05, 3.63) is 35.9 Å². The number of hydrogen-bond acceptors (Lipinski definition) is 4. The Morgan fingerprint density at radius 3 is 2.85 bits per heavy atom. The molecule has 0 bridgehead atoms. The molecule has 0 saturated carbocycles. The lowest BCUT2D eigenvalue weighted by atomic mass is 10.1. The van der Waals surface area contributed by atoms with Gasteiger partial charge in [0.1, 0.15) is 0 Å². The highest BCUT2D eigenvalue weighted by Crippen LogP contribution is 2.18. The molecule has 6 nitrogen and oxygen atoms in total. The molecule has 146 valence electrons. The monoisotopic (exact) mass is 371 g/mol. The van der Waals surface area contributed by atoms with Crippen molar-refractivity contribution in [3.63, 3.8) is 0 Å². The summed E-state index contributed by atoms with van der Waals surface area (Å²) in [6.45, 7) is 3.45. The molecule has 27 heavy (non-hydrogen) atoms. The van der Waals surface area contributed by atoms with E-state index in [1.807, 2.05) is 37.3 Å². The summed E-state index contributed by atoms with van der Waals surface area (Å²) in [6, 6.07) is 9.99. The third kappa shape index (κ3) is 5.89. The lowest BCUT2D eigenvalue weighted by Crippen LogP contribution is -2.34. The van der Waals surface area contributed by atoms with Crippen LogP contribution in [0, 0.1) is 0 Å². The first-order valence-electron chi connectivity index (χ1n) is 9.96. The van der Waals surface area contributed by atoms with Crippen molar-refractivity contribution in [1.82, 2.24) is 10.3 Å². The maximum absolute atomic E-state index is 12.3. The number of amides is 2. The van der Waals surface area contributed by atoms with Gasteiger partial charge in [0, 0.05) is 31.9 Å². The van der Waals surface area contributed by atoms with E-state index in [4.69, 9.17) is 4.74 Å². The van der Waals surface area contributed by atoms with Crippen LogP contribution in [0.5, 0.6) is 0 Å². The Morgan fingerprint density at radius 2 is 2.11 bits per heavy atom. The van der Waals surface area contributed by atoms with Crippen LogP contribution in [0.25, 0.3) is 0 Å². The molecule has 1 saturated heterocycles. The molecule has 2 aliphatic rings. The Labute approximate surface area is 161 Å². The molecule has 2 amide bonds. The Morgan fingerprint density at radius 1 is 1.30 bits per heavy atom. The molecule has 2 aliphatic heterocycles. The topological polar surface area (TPSA) is 71.0 Å². The normalized spacial score (nSPS) is 20.4. The van der Waals surface area contributed by atoms with Crippen LogP contribution in [0.15, 0.2) is 35.4 Å². The van der Waals surface area contributed by atoms with Gasteiger partial charge in [0.15, 0.2) is 0 Å². The fourth-order valence-corrected chi connectivity index (χ4v) is 3.55. The molecule has 0 aliphatic carbocycles. The number of nitrogens with zero attached hydrogens (tertiary/aromatic N) is 2. The van der Waals surface area contributed by atoms with E-state index in [1.54, 1.807) is 0 Å². The first kappa shape index (κ1) is 19.5. The van der Waals surface area contributed by atoms with Gasteiger partial charge in [-0.2, -0.15) is 5.10 Å². The summed E-state index contributed by atoms with van der Waals surface area (Å²) in [4.78, 5) is 24.4. The summed E-state index contributed by atoms with van der Waals surface area (Å²) >= 11 is 0. The highest BCUT2D eigenvalue weighted by atomic mass is 16.5. The Hall–Kier alpha value is -2.21. The third-order valence-electron chi connectivity index (χ3n) is 5.12. The minimum absolute atomic E-state index is 0.0744. The molecule has 0 radical (unpaired) electrons. The van der Waals surface area contributed by atoms with E-state index in [1.165, 1.54) is 5.01 Å². The van der Waals surface area contributed by atoms with Crippen molar-refractivity contribution >= 4 is 17.5 Å². The van der Waals surface area contributed by atoms with E-state index in [-0.39, 0.29) is 30.7 Å². The van der Waals surface area contributed by atoms with Gasteiger partial charge in [-0.05, 0) is 38.2 Å². The van der Waals surface area contributed by atoms with Crippen molar-refractivity contribution in [3.8, 4) is 0 Å². The maximum atomic E-state index is 12.3. The van der Waals surface area contributed by atoms with Crippen molar-refractivity contribution in [2.24, 2.45) is 5.10 Å². The fraction of sp³-hybridized carbons (Fsp3) is 0.571. The highest BCUT2D eigenvalue weighted by molar-refractivity contribution is 6.02. The lowest BCUT2D eigenvalue weighted by molar-refractivity contribution is -0.133.